The van der Waals surface area contributed by atoms with Gasteiger partial charge >= 0.3 is 0 Å². The summed E-state index contributed by atoms with van der Waals surface area (Å²) in [6.07, 6.45) is 0. The second kappa shape index (κ2) is 6.22. The fraction of sp³-hybridized carbons (Fsp3) is 0.143. The summed E-state index contributed by atoms with van der Waals surface area (Å²) in [5.74, 6) is 1.71. The molecule has 0 amide bonds. The predicted octanol–water partition coefficient (Wildman–Crippen LogP) is 5.31. The molecule has 1 unspecified atom stereocenters. The van der Waals surface area contributed by atoms with Crippen molar-refractivity contribution < 1.29 is 4.74 Å². The van der Waals surface area contributed by atoms with Crippen molar-refractivity contribution >= 4 is 31.9 Å². The van der Waals surface area contributed by atoms with Crippen LogP contribution in [0.5, 0.6) is 11.5 Å². The molecule has 0 heterocycles. The van der Waals surface area contributed by atoms with Crippen LogP contribution in [-0.2, 0) is 0 Å². The van der Waals surface area contributed by atoms with Gasteiger partial charge in [0.2, 0.25) is 0 Å². The Balaban J connectivity index is 2.08. The van der Waals surface area contributed by atoms with Crippen LogP contribution in [-0.4, -0.2) is 5.33 Å². The van der Waals surface area contributed by atoms with Crippen molar-refractivity contribution in [3.8, 4) is 11.5 Å². The SMILES string of the molecule is BrCC(Br)c1ccc(Oc2ccccc2)cc1. The minimum atomic E-state index is 0.341. The number of halogens is 2. The van der Waals surface area contributed by atoms with E-state index in [1.165, 1.54) is 5.56 Å². The molecule has 0 saturated heterocycles. The molecular formula is C14H12Br2O. The van der Waals surface area contributed by atoms with Crippen LogP contribution in [0.25, 0.3) is 0 Å². The molecule has 0 aliphatic carbocycles. The molecule has 0 aromatic heterocycles. The summed E-state index contributed by atoms with van der Waals surface area (Å²) in [6.45, 7) is 0. The Morgan fingerprint density at radius 2 is 1.47 bits per heavy atom. The van der Waals surface area contributed by atoms with Crippen LogP contribution >= 0.6 is 31.9 Å². The predicted molar refractivity (Wildman–Crippen MR) is 78.4 cm³/mol. The first-order chi connectivity index (χ1) is 8.29. The number of para-hydroxylation sites is 1. The quantitative estimate of drug-likeness (QED) is 0.675. The van der Waals surface area contributed by atoms with Gasteiger partial charge in [0.1, 0.15) is 11.5 Å². The summed E-state index contributed by atoms with van der Waals surface area (Å²) in [6, 6.07) is 17.9. The van der Waals surface area contributed by atoms with Gasteiger partial charge in [0, 0.05) is 10.2 Å². The van der Waals surface area contributed by atoms with Gasteiger partial charge in [-0.15, -0.1) is 0 Å². The standard InChI is InChI=1S/C14H12Br2O/c15-10-14(16)11-6-8-13(9-7-11)17-12-4-2-1-3-5-12/h1-9,14H,10H2. The lowest BCUT2D eigenvalue weighted by Gasteiger charge is -2.08. The molecule has 0 fully saturated rings. The summed E-state index contributed by atoms with van der Waals surface area (Å²) < 4.78 is 5.72. The van der Waals surface area contributed by atoms with Gasteiger partial charge in [-0.25, -0.2) is 0 Å². The number of benzene rings is 2. The Morgan fingerprint density at radius 3 is 2.06 bits per heavy atom. The molecule has 0 aliphatic rings. The molecule has 0 spiro atoms. The summed E-state index contributed by atoms with van der Waals surface area (Å²) in [4.78, 5) is 0.341. The Labute approximate surface area is 118 Å². The van der Waals surface area contributed by atoms with Crippen molar-refractivity contribution in [3.63, 3.8) is 0 Å². The monoisotopic (exact) mass is 354 g/mol. The van der Waals surface area contributed by atoms with Crippen LogP contribution in [0.3, 0.4) is 0 Å². The van der Waals surface area contributed by atoms with Crippen molar-refractivity contribution in [2.75, 3.05) is 5.33 Å². The minimum absolute atomic E-state index is 0.341. The molecule has 0 bridgehead atoms. The van der Waals surface area contributed by atoms with Gasteiger partial charge in [-0.2, -0.15) is 0 Å². The van der Waals surface area contributed by atoms with Crippen LogP contribution in [0.1, 0.15) is 10.4 Å². The van der Waals surface area contributed by atoms with Crippen LogP contribution in [0.4, 0.5) is 0 Å². The number of ether oxygens (including phenoxy) is 1. The average Bonchev–Trinajstić information content (AvgIpc) is 2.40. The maximum Gasteiger partial charge on any atom is 0.127 e. The van der Waals surface area contributed by atoms with Crippen LogP contribution < -0.4 is 4.74 Å². The summed E-state index contributed by atoms with van der Waals surface area (Å²) in [5, 5.41) is 0.895. The van der Waals surface area contributed by atoms with Gasteiger partial charge in [-0.3, -0.25) is 0 Å². The van der Waals surface area contributed by atoms with Crippen LogP contribution in [0, 0.1) is 0 Å². The van der Waals surface area contributed by atoms with E-state index in [1.54, 1.807) is 0 Å². The molecule has 0 saturated carbocycles. The topological polar surface area (TPSA) is 9.23 Å². The highest BCUT2D eigenvalue weighted by molar-refractivity contribution is 9.12. The van der Waals surface area contributed by atoms with E-state index in [1.807, 2.05) is 42.5 Å². The summed E-state index contributed by atoms with van der Waals surface area (Å²) in [7, 11) is 0. The molecular weight excluding hydrogens is 344 g/mol. The van der Waals surface area contributed by atoms with Gasteiger partial charge in [-0.05, 0) is 29.8 Å². The van der Waals surface area contributed by atoms with E-state index in [4.69, 9.17) is 4.74 Å². The number of alkyl halides is 2. The van der Waals surface area contributed by atoms with Gasteiger partial charge in [0.15, 0.2) is 0 Å². The minimum Gasteiger partial charge on any atom is -0.457 e. The Bertz CT molecular complexity index is 453. The molecule has 17 heavy (non-hydrogen) atoms. The highest BCUT2D eigenvalue weighted by atomic mass is 79.9. The zero-order valence-electron chi connectivity index (χ0n) is 9.14. The number of rotatable bonds is 4. The maximum absolute atomic E-state index is 5.72. The van der Waals surface area contributed by atoms with Crippen LogP contribution in [0.2, 0.25) is 0 Å². The van der Waals surface area contributed by atoms with Crippen molar-refractivity contribution in [3.05, 3.63) is 60.2 Å². The van der Waals surface area contributed by atoms with E-state index >= 15 is 0 Å². The highest BCUT2D eigenvalue weighted by Crippen LogP contribution is 2.28. The van der Waals surface area contributed by atoms with Gasteiger partial charge in [0.05, 0.1) is 0 Å². The lowest BCUT2D eigenvalue weighted by molar-refractivity contribution is 0.482. The van der Waals surface area contributed by atoms with Gasteiger partial charge in [0.25, 0.3) is 0 Å². The first kappa shape index (κ1) is 12.7. The van der Waals surface area contributed by atoms with Gasteiger partial charge in [-0.1, -0.05) is 62.2 Å². The maximum atomic E-state index is 5.72. The molecule has 1 nitrogen and oxygen atoms in total. The van der Waals surface area contributed by atoms with E-state index < -0.39 is 0 Å². The average molecular weight is 356 g/mol. The Kier molecular flexibility index (Phi) is 4.63. The van der Waals surface area contributed by atoms with Crippen LogP contribution in [0.15, 0.2) is 54.6 Å². The second-order valence-corrected chi connectivity index (χ2v) is 5.36. The first-order valence-electron chi connectivity index (χ1n) is 5.32. The van der Waals surface area contributed by atoms with E-state index in [2.05, 4.69) is 44.0 Å². The third-order valence-corrected chi connectivity index (χ3v) is 4.72. The highest BCUT2D eigenvalue weighted by Gasteiger charge is 2.05. The lowest BCUT2D eigenvalue weighted by atomic mass is 10.2. The molecule has 88 valence electrons. The molecule has 2 rings (SSSR count). The Hall–Kier alpha value is -0.800. The number of hydrogen-bond donors (Lipinski definition) is 0. The zero-order valence-corrected chi connectivity index (χ0v) is 12.3. The normalized spacial score (nSPS) is 12.1. The third-order valence-electron chi connectivity index (χ3n) is 2.36. The third kappa shape index (κ3) is 3.58. The smallest absolute Gasteiger partial charge is 0.127 e. The summed E-state index contributed by atoms with van der Waals surface area (Å²) >= 11 is 7.03. The Morgan fingerprint density at radius 1 is 0.882 bits per heavy atom. The van der Waals surface area contributed by atoms with Crippen molar-refractivity contribution in [1.29, 1.82) is 0 Å². The van der Waals surface area contributed by atoms with E-state index in [-0.39, 0.29) is 0 Å². The fourth-order valence-corrected chi connectivity index (χ4v) is 2.14. The molecule has 1 atom stereocenters. The van der Waals surface area contributed by atoms with Crippen molar-refractivity contribution in [1.82, 2.24) is 0 Å². The largest absolute Gasteiger partial charge is 0.457 e. The first-order valence-corrected chi connectivity index (χ1v) is 7.36. The molecule has 0 aliphatic heterocycles. The second-order valence-electron chi connectivity index (χ2n) is 3.61. The lowest BCUT2D eigenvalue weighted by Crippen LogP contribution is -1.90. The van der Waals surface area contributed by atoms with E-state index in [9.17, 15) is 0 Å². The molecule has 0 N–H and O–H groups in total. The molecule has 3 heteroatoms. The van der Waals surface area contributed by atoms with Crippen molar-refractivity contribution in [2.24, 2.45) is 0 Å². The number of hydrogen-bond acceptors (Lipinski definition) is 1. The molecule has 2 aromatic rings. The fourth-order valence-electron chi connectivity index (χ4n) is 1.46. The van der Waals surface area contributed by atoms with Gasteiger partial charge < -0.3 is 4.74 Å². The summed E-state index contributed by atoms with van der Waals surface area (Å²) in [5.41, 5.74) is 1.24. The molecule has 0 radical (unpaired) electrons. The van der Waals surface area contributed by atoms with Crippen molar-refractivity contribution in [2.45, 2.75) is 4.83 Å². The van der Waals surface area contributed by atoms with E-state index in [0.717, 1.165) is 16.8 Å². The molecule has 2 aromatic carbocycles. The zero-order chi connectivity index (χ0) is 12.1. The van der Waals surface area contributed by atoms with E-state index in [0.29, 0.717) is 4.83 Å².